The average Bonchev–Trinajstić information content (AvgIpc) is 2.41. The topological polar surface area (TPSA) is 55.4 Å². The highest BCUT2D eigenvalue weighted by Crippen LogP contribution is 2.28. The zero-order chi connectivity index (χ0) is 16.2. The predicted octanol–water partition coefficient (Wildman–Crippen LogP) is 2.78. The van der Waals surface area contributed by atoms with Gasteiger partial charge in [-0.15, -0.1) is 0 Å². The minimum absolute atomic E-state index is 0.0261. The van der Waals surface area contributed by atoms with Crippen molar-refractivity contribution in [1.82, 2.24) is 0 Å². The van der Waals surface area contributed by atoms with Crippen molar-refractivity contribution in [3.63, 3.8) is 0 Å². The third-order valence-electron chi connectivity index (χ3n) is 2.27. The molecule has 21 heavy (non-hydrogen) atoms. The molecule has 1 aromatic carbocycles. The minimum atomic E-state index is -1.77. The lowest BCUT2D eigenvalue weighted by Crippen LogP contribution is -2.13. The van der Waals surface area contributed by atoms with E-state index in [0.717, 1.165) is 6.92 Å². The molecular weight excluding hydrogens is 294 g/mol. The second-order valence-corrected chi connectivity index (χ2v) is 3.81. The van der Waals surface area contributed by atoms with Gasteiger partial charge in [0.25, 0.3) is 0 Å². The summed E-state index contributed by atoms with van der Waals surface area (Å²) < 4.78 is 59.0. The van der Waals surface area contributed by atoms with E-state index < -0.39 is 46.4 Å². The number of amides is 1. The Bertz CT molecular complexity index is 585. The number of nitrogens with one attached hydrogen (secondary N) is 1. The van der Waals surface area contributed by atoms with Crippen LogP contribution in [0.25, 0.3) is 6.08 Å². The Morgan fingerprint density at radius 2 is 1.62 bits per heavy atom. The number of hydrogen-bond donors (Lipinski definition) is 1. The number of halogens is 4. The Balaban J connectivity index is 3.30. The van der Waals surface area contributed by atoms with E-state index >= 15 is 0 Å². The van der Waals surface area contributed by atoms with Gasteiger partial charge in [-0.2, -0.15) is 0 Å². The van der Waals surface area contributed by atoms with Gasteiger partial charge < -0.3 is 10.1 Å². The van der Waals surface area contributed by atoms with Crippen LogP contribution in [0.2, 0.25) is 0 Å². The van der Waals surface area contributed by atoms with Gasteiger partial charge in [0.2, 0.25) is 5.91 Å². The molecule has 0 aliphatic carbocycles. The number of benzene rings is 1. The lowest BCUT2D eigenvalue weighted by molar-refractivity contribution is -0.137. The van der Waals surface area contributed by atoms with Gasteiger partial charge in [0.1, 0.15) is 5.69 Å². The van der Waals surface area contributed by atoms with E-state index in [1.807, 2.05) is 0 Å². The van der Waals surface area contributed by atoms with Crippen molar-refractivity contribution in [2.24, 2.45) is 0 Å². The fourth-order valence-electron chi connectivity index (χ4n) is 1.42. The predicted molar refractivity (Wildman–Crippen MR) is 66.2 cm³/mol. The number of esters is 1. The molecule has 0 saturated carbocycles. The molecule has 0 bridgehead atoms. The van der Waals surface area contributed by atoms with Gasteiger partial charge in [0.15, 0.2) is 23.3 Å². The molecule has 1 rings (SSSR count). The van der Waals surface area contributed by atoms with Gasteiger partial charge in [-0.05, 0) is 13.0 Å². The van der Waals surface area contributed by atoms with E-state index in [2.05, 4.69) is 4.74 Å². The van der Waals surface area contributed by atoms with Crippen LogP contribution in [-0.2, 0) is 14.3 Å². The Morgan fingerprint density at radius 3 is 2.05 bits per heavy atom. The Labute approximate surface area is 117 Å². The minimum Gasteiger partial charge on any atom is -0.463 e. The maximum Gasteiger partial charge on any atom is 0.330 e. The van der Waals surface area contributed by atoms with Crippen LogP contribution >= 0.6 is 0 Å². The van der Waals surface area contributed by atoms with Gasteiger partial charge in [-0.25, -0.2) is 22.4 Å². The van der Waals surface area contributed by atoms with E-state index in [1.165, 1.54) is 6.92 Å². The van der Waals surface area contributed by atoms with E-state index in [0.29, 0.717) is 12.2 Å². The summed E-state index contributed by atoms with van der Waals surface area (Å²) in [4.78, 5) is 21.8. The first kappa shape index (κ1) is 16.7. The molecule has 0 aromatic heterocycles. The van der Waals surface area contributed by atoms with Crippen LogP contribution in [0, 0.1) is 23.3 Å². The zero-order valence-electron chi connectivity index (χ0n) is 11.1. The van der Waals surface area contributed by atoms with E-state index in [1.54, 1.807) is 5.32 Å². The van der Waals surface area contributed by atoms with Gasteiger partial charge in [-0.1, -0.05) is 0 Å². The first-order valence-electron chi connectivity index (χ1n) is 5.77. The maximum absolute atomic E-state index is 13.7. The Morgan fingerprint density at radius 1 is 1.10 bits per heavy atom. The first-order chi connectivity index (χ1) is 9.79. The lowest BCUT2D eigenvalue weighted by Gasteiger charge is -2.10. The molecule has 0 spiro atoms. The fourth-order valence-corrected chi connectivity index (χ4v) is 1.42. The molecule has 0 heterocycles. The molecule has 1 N–H and O–H groups in total. The number of carbonyl (C=O) groups excluding carboxylic acids is 2. The summed E-state index contributed by atoms with van der Waals surface area (Å²) in [7, 11) is 0. The average molecular weight is 305 g/mol. The van der Waals surface area contributed by atoms with Gasteiger partial charge >= 0.3 is 5.97 Å². The van der Waals surface area contributed by atoms with Crippen molar-refractivity contribution in [1.29, 1.82) is 0 Å². The molecule has 1 aromatic rings. The maximum atomic E-state index is 13.7. The number of rotatable bonds is 4. The van der Waals surface area contributed by atoms with Crippen molar-refractivity contribution in [2.75, 3.05) is 11.9 Å². The molecule has 0 aliphatic rings. The highest BCUT2D eigenvalue weighted by atomic mass is 19.2. The Kier molecular flexibility index (Phi) is 5.45. The number of anilines is 1. The van der Waals surface area contributed by atoms with Gasteiger partial charge in [-0.3, -0.25) is 4.79 Å². The van der Waals surface area contributed by atoms with Crippen LogP contribution in [0.1, 0.15) is 19.4 Å². The molecule has 0 atom stereocenters. The van der Waals surface area contributed by atoms with E-state index in [-0.39, 0.29) is 6.61 Å². The van der Waals surface area contributed by atoms with Gasteiger partial charge in [0, 0.05) is 13.0 Å². The lowest BCUT2D eigenvalue weighted by atomic mass is 10.1. The van der Waals surface area contributed by atoms with Crippen LogP contribution in [-0.4, -0.2) is 18.5 Å². The van der Waals surface area contributed by atoms with Crippen LogP contribution in [0.5, 0.6) is 0 Å². The highest BCUT2D eigenvalue weighted by Gasteiger charge is 2.24. The Hall–Kier alpha value is -2.38. The summed E-state index contributed by atoms with van der Waals surface area (Å²) in [6.45, 7) is 2.45. The van der Waals surface area contributed by atoms with Crippen LogP contribution in [0.4, 0.5) is 23.2 Å². The van der Waals surface area contributed by atoms with Crippen molar-refractivity contribution in [3.8, 4) is 0 Å². The van der Waals surface area contributed by atoms with Crippen molar-refractivity contribution < 1.29 is 31.9 Å². The normalized spacial score (nSPS) is 10.8. The molecule has 0 unspecified atom stereocenters. The third kappa shape index (κ3) is 3.80. The summed E-state index contributed by atoms with van der Waals surface area (Å²) in [6, 6.07) is 0. The largest absolute Gasteiger partial charge is 0.463 e. The number of hydrogen-bond acceptors (Lipinski definition) is 3. The van der Waals surface area contributed by atoms with Crippen molar-refractivity contribution in [2.45, 2.75) is 13.8 Å². The molecule has 0 aliphatic heterocycles. The van der Waals surface area contributed by atoms with Gasteiger partial charge in [0.05, 0.1) is 12.2 Å². The standard InChI is InChI=1S/C13H11F4NO3/c1-3-21-8(20)5-4-7-9(14)11(16)13(18-6(2)19)12(17)10(7)15/h4-5H,3H2,1-2H3,(H,18,19). The second kappa shape index (κ2) is 6.87. The summed E-state index contributed by atoms with van der Waals surface area (Å²) in [6.07, 6.45) is 1.17. The fraction of sp³-hybridized carbons (Fsp3) is 0.231. The van der Waals surface area contributed by atoms with Crippen LogP contribution in [0.15, 0.2) is 6.08 Å². The number of carbonyl (C=O) groups is 2. The number of ether oxygens (including phenoxy) is 1. The summed E-state index contributed by atoms with van der Waals surface area (Å²) in [5, 5.41) is 1.65. The molecule has 0 saturated heterocycles. The quantitative estimate of drug-likeness (QED) is 0.403. The highest BCUT2D eigenvalue weighted by molar-refractivity contribution is 5.90. The summed E-state index contributed by atoms with van der Waals surface area (Å²) >= 11 is 0. The van der Waals surface area contributed by atoms with E-state index in [4.69, 9.17) is 0 Å². The first-order valence-corrected chi connectivity index (χ1v) is 5.77. The van der Waals surface area contributed by atoms with Crippen molar-refractivity contribution >= 4 is 23.6 Å². The molecule has 8 heteroatoms. The molecule has 114 valence electrons. The summed E-state index contributed by atoms with van der Waals surface area (Å²) in [5.74, 6) is -8.85. The molecular formula is C13H11F4NO3. The van der Waals surface area contributed by atoms with E-state index in [9.17, 15) is 27.2 Å². The van der Waals surface area contributed by atoms with Crippen LogP contribution < -0.4 is 5.32 Å². The SMILES string of the molecule is CCOC(=O)C=Cc1c(F)c(F)c(NC(C)=O)c(F)c1F. The summed E-state index contributed by atoms with van der Waals surface area (Å²) in [5.41, 5.74) is -2.32. The monoisotopic (exact) mass is 305 g/mol. The second-order valence-electron chi connectivity index (χ2n) is 3.81. The smallest absolute Gasteiger partial charge is 0.330 e. The van der Waals surface area contributed by atoms with Crippen LogP contribution in [0.3, 0.4) is 0 Å². The zero-order valence-corrected chi connectivity index (χ0v) is 11.1. The molecule has 0 fully saturated rings. The van der Waals surface area contributed by atoms with Crippen molar-refractivity contribution in [3.05, 3.63) is 34.9 Å². The molecule has 1 amide bonds. The third-order valence-corrected chi connectivity index (χ3v) is 2.27. The molecule has 0 radical (unpaired) electrons. The molecule has 4 nitrogen and oxygen atoms in total.